The van der Waals surface area contributed by atoms with Gasteiger partial charge in [-0.1, -0.05) is 83.9 Å². The Morgan fingerprint density at radius 1 is 0.964 bits per heavy atom. The van der Waals surface area contributed by atoms with Crippen molar-refractivity contribution in [1.29, 1.82) is 0 Å². The summed E-state index contributed by atoms with van der Waals surface area (Å²) in [7, 11) is 0. The number of nitrogens with one attached hydrogen (secondary N) is 1. The first-order valence-corrected chi connectivity index (χ1v) is 9.03. The Hall–Kier alpha value is -2.86. The highest BCUT2D eigenvalue weighted by atomic mass is 35.5. The quantitative estimate of drug-likeness (QED) is 0.434. The van der Waals surface area contributed by atoms with E-state index in [-0.39, 0.29) is 16.3 Å². The summed E-state index contributed by atoms with van der Waals surface area (Å²) in [5.41, 5.74) is 1.37. The molecule has 0 aliphatic carbocycles. The lowest BCUT2D eigenvalue weighted by Crippen LogP contribution is -2.43. The number of hydrazone groups is 1. The van der Waals surface area contributed by atoms with E-state index in [0.717, 1.165) is 0 Å². The predicted molar refractivity (Wildman–Crippen MR) is 110 cm³/mol. The number of aromatic hydroxyl groups is 1. The number of phenolic OH excluding ortho intramolecular Hbond substituents is 1. The summed E-state index contributed by atoms with van der Waals surface area (Å²) < 4.78 is 0. The fourth-order valence-electron chi connectivity index (χ4n) is 2.71. The third-order valence-electron chi connectivity index (χ3n) is 4.14. The maximum absolute atomic E-state index is 12.9. The van der Waals surface area contributed by atoms with Crippen molar-refractivity contribution >= 4 is 35.3 Å². The van der Waals surface area contributed by atoms with E-state index in [4.69, 9.17) is 23.2 Å². The summed E-state index contributed by atoms with van der Waals surface area (Å²) in [6.45, 7) is 0. The lowest BCUT2D eigenvalue weighted by Gasteiger charge is -2.27. The fourth-order valence-corrected chi connectivity index (χ4v) is 3.22. The molecule has 3 N–H and O–H groups in total. The number of hydrogen-bond acceptors (Lipinski definition) is 4. The largest absolute Gasteiger partial charge is 0.506 e. The number of aliphatic hydroxyl groups is 1. The molecule has 3 aromatic rings. The fraction of sp³-hybridized carbons (Fsp3) is 0.0476. The lowest BCUT2D eigenvalue weighted by atomic mass is 9.85. The minimum absolute atomic E-state index is 0.0605. The monoisotopic (exact) mass is 414 g/mol. The molecule has 0 spiro atoms. The molecule has 142 valence electrons. The molecule has 0 radical (unpaired) electrons. The first-order chi connectivity index (χ1) is 13.4. The van der Waals surface area contributed by atoms with Gasteiger partial charge in [-0.25, -0.2) is 5.43 Å². The van der Waals surface area contributed by atoms with Gasteiger partial charge in [-0.05, 0) is 23.3 Å². The number of carbonyl (C=O) groups is 1. The number of benzene rings is 3. The Bertz CT molecular complexity index is 969. The maximum Gasteiger partial charge on any atom is 0.281 e. The SMILES string of the molecule is O=C(NN=Cc1cc(Cl)cc(Cl)c1O)C(O)(c1ccccc1)c1ccccc1. The number of carbonyl (C=O) groups excluding carboxylic acids is 1. The average molecular weight is 415 g/mol. The van der Waals surface area contributed by atoms with Gasteiger partial charge in [0.05, 0.1) is 11.2 Å². The third kappa shape index (κ3) is 4.02. The van der Waals surface area contributed by atoms with Crippen LogP contribution >= 0.6 is 23.2 Å². The molecule has 0 aliphatic rings. The van der Waals surface area contributed by atoms with Gasteiger partial charge in [-0.3, -0.25) is 4.79 Å². The Kier molecular flexibility index (Phi) is 5.99. The summed E-state index contributed by atoms with van der Waals surface area (Å²) in [5.74, 6) is -0.973. The predicted octanol–water partition coefficient (Wildman–Crippen LogP) is 4.09. The van der Waals surface area contributed by atoms with Crippen LogP contribution in [0.5, 0.6) is 5.75 Å². The van der Waals surface area contributed by atoms with Crippen molar-refractivity contribution in [1.82, 2.24) is 5.43 Å². The van der Waals surface area contributed by atoms with Crippen molar-refractivity contribution < 1.29 is 15.0 Å². The van der Waals surface area contributed by atoms with Gasteiger partial charge in [0.1, 0.15) is 5.75 Å². The van der Waals surface area contributed by atoms with Crippen molar-refractivity contribution in [2.45, 2.75) is 5.60 Å². The van der Waals surface area contributed by atoms with Crippen molar-refractivity contribution in [2.75, 3.05) is 0 Å². The minimum Gasteiger partial charge on any atom is -0.506 e. The number of rotatable bonds is 5. The van der Waals surface area contributed by atoms with Crippen molar-refractivity contribution in [3.05, 3.63) is 99.5 Å². The van der Waals surface area contributed by atoms with Crippen molar-refractivity contribution in [3.63, 3.8) is 0 Å². The van der Waals surface area contributed by atoms with Crippen LogP contribution in [0.3, 0.4) is 0 Å². The van der Waals surface area contributed by atoms with Gasteiger partial charge >= 0.3 is 0 Å². The molecular formula is C21H16Cl2N2O3. The number of phenols is 1. The summed E-state index contributed by atoms with van der Waals surface area (Å²) in [5, 5.41) is 25.5. The Morgan fingerprint density at radius 3 is 2.04 bits per heavy atom. The Morgan fingerprint density at radius 2 is 1.50 bits per heavy atom. The highest BCUT2D eigenvalue weighted by Crippen LogP contribution is 2.31. The number of nitrogens with zero attached hydrogens (tertiary/aromatic N) is 1. The van der Waals surface area contributed by atoms with Crippen LogP contribution in [0.15, 0.2) is 77.9 Å². The smallest absolute Gasteiger partial charge is 0.281 e. The first-order valence-electron chi connectivity index (χ1n) is 8.28. The summed E-state index contributed by atoms with van der Waals surface area (Å²) >= 11 is 11.8. The van der Waals surface area contributed by atoms with Crippen LogP contribution in [-0.2, 0) is 10.4 Å². The molecule has 3 rings (SSSR count). The Labute approximate surface area is 171 Å². The van der Waals surface area contributed by atoms with Gasteiger partial charge in [-0.15, -0.1) is 0 Å². The van der Waals surface area contributed by atoms with Gasteiger partial charge in [0.15, 0.2) is 5.60 Å². The van der Waals surface area contributed by atoms with E-state index >= 15 is 0 Å². The van der Waals surface area contributed by atoms with Gasteiger partial charge < -0.3 is 10.2 Å². The second-order valence-corrected chi connectivity index (χ2v) is 6.81. The normalized spacial score (nSPS) is 11.5. The van der Waals surface area contributed by atoms with Crippen LogP contribution in [0.4, 0.5) is 0 Å². The minimum atomic E-state index is -1.95. The highest BCUT2D eigenvalue weighted by molar-refractivity contribution is 6.36. The number of halogens is 2. The molecule has 1 amide bonds. The van der Waals surface area contributed by atoms with Gasteiger partial charge in [0.2, 0.25) is 0 Å². The van der Waals surface area contributed by atoms with E-state index in [2.05, 4.69) is 10.5 Å². The molecule has 0 aliphatic heterocycles. The second-order valence-electron chi connectivity index (χ2n) is 5.97. The van der Waals surface area contributed by atoms with Gasteiger partial charge in [-0.2, -0.15) is 5.10 Å². The zero-order chi connectivity index (χ0) is 20.1. The zero-order valence-electron chi connectivity index (χ0n) is 14.5. The van der Waals surface area contributed by atoms with Crippen LogP contribution in [-0.4, -0.2) is 22.3 Å². The molecule has 0 fully saturated rings. The number of hydrogen-bond donors (Lipinski definition) is 3. The van der Waals surface area contributed by atoms with E-state index < -0.39 is 11.5 Å². The molecular weight excluding hydrogens is 399 g/mol. The molecule has 0 aromatic heterocycles. The third-order valence-corrected chi connectivity index (χ3v) is 4.65. The van der Waals surface area contributed by atoms with Gasteiger partial charge in [0, 0.05) is 10.6 Å². The lowest BCUT2D eigenvalue weighted by molar-refractivity contribution is -0.136. The van der Waals surface area contributed by atoms with Crippen LogP contribution in [0.2, 0.25) is 10.0 Å². The van der Waals surface area contributed by atoms with E-state index in [0.29, 0.717) is 16.1 Å². The summed E-state index contributed by atoms with van der Waals surface area (Å²) in [6.07, 6.45) is 1.20. The van der Waals surface area contributed by atoms with Crippen molar-refractivity contribution in [2.24, 2.45) is 5.10 Å². The van der Waals surface area contributed by atoms with Gasteiger partial charge in [0.25, 0.3) is 5.91 Å². The maximum atomic E-state index is 12.9. The van der Waals surface area contributed by atoms with E-state index in [1.54, 1.807) is 60.7 Å². The van der Waals surface area contributed by atoms with Crippen LogP contribution in [0, 0.1) is 0 Å². The van der Waals surface area contributed by atoms with E-state index in [1.165, 1.54) is 18.3 Å². The molecule has 0 bridgehead atoms. The summed E-state index contributed by atoms with van der Waals surface area (Å²) in [4.78, 5) is 12.9. The van der Waals surface area contributed by atoms with Crippen LogP contribution in [0.25, 0.3) is 0 Å². The average Bonchev–Trinajstić information content (AvgIpc) is 2.72. The Balaban J connectivity index is 1.91. The summed E-state index contributed by atoms with van der Waals surface area (Å²) in [6, 6.07) is 19.9. The molecule has 0 heterocycles. The van der Waals surface area contributed by atoms with Crippen LogP contribution < -0.4 is 5.43 Å². The molecule has 28 heavy (non-hydrogen) atoms. The molecule has 5 nitrogen and oxygen atoms in total. The molecule has 0 unspecified atom stereocenters. The van der Waals surface area contributed by atoms with E-state index in [1.807, 2.05) is 0 Å². The number of amides is 1. The molecule has 7 heteroatoms. The second kappa shape index (κ2) is 8.44. The standard InChI is InChI=1S/C21H16Cl2N2O3/c22-17-11-14(19(26)18(23)12-17)13-24-25-20(27)21(28,15-7-3-1-4-8-15)16-9-5-2-6-10-16/h1-13,26,28H,(H,25,27). The first kappa shape index (κ1) is 19.9. The molecule has 0 saturated carbocycles. The highest BCUT2D eigenvalue weighted by Gasteiger charge is 2.39. The molecule has 0 atom stereocenters. The topological polar surface area (TPSA) is 81.9 Å². The van der Waals surface area contributed by atoms with Crippen LogP contribution in [0.1, 0.15) is 16.7 Å². The molecule has 3 aromatic carbocycles. The van der Waals surface area contributed by atoms with Crippen molar-refractivity contribution in [3.8, 4) is 5.75 Å². The molecule has 0 saturated heterocycles. The zero-order valence-corrected chi connectivity index (χ0v) is 16.0. The van der Waals surface area contributed by atoms with E-state index in [9.17, 15) is 15.0 Å².